The molecule has 0 fully saturated rings. The van der Waals surface area contributed by atoms with E-state index in [9.17, 15) is 14.4 Å². The number of hydrogen-bond donors (Lipinski definition) is 0. The lowest BCUT2D eigenvalue weighted by atomic mass is 10.1. The van der Waals surface area contributed by atoms with Gasteiger partial charge in [0.2, 0.25) is 5.91 Å². The van der Waals surface area contributed by atoms with Gasteiger partial charge in [-0.3, -0.25) is 29.3 Å². The molecular weight excluding hydrogens is 380 g/mol. The van der Waals surface area contributed by atoms with Gasteiger partial charge in [0.1, 0.15) is 0 Å². The van der Waals surface area contributed by atoms with E-state index < -0.39 is 0 Å². The maximum atomic E-state index is 13.0. The smallest absolute Gasteiger partial charge is 0.261 e. The molecule has 1 aromatic carbocycles. The van der Waals surface area contributed by atoms with Crippen LogP contribution >= 0.6 is 0 Å². The maximum absolute atomic E-state index is 13.0. The molecule has 0 saturated heterocycles. The van der Waals surface area contributed by atoms with E-state index in [1.165, 1.54) is 0 Å². The number of hydrogen-bond acceptors (Lipinski definition) is 5. The first-order valence-electron chi connectivity index (χ1n) is 9.64. The Labute approximate surface area is 174 Å². The predicted molar refractivity (Wildman–Crippen MR) is 109 cm³/mol. The van der Waals surface area contributed by atoms with E-state index in [4.69, 9.17) is 0 Å². The van der Waals surface area contributed by atoms with Crippen molar-refractivity contribution in [3.8, 4) is 0 Å². The summed E-state index contributed by atoms with van der Waals surface area (Å²) in [5, 5.41) is 0. The van der Waals surface area contributed by atoms with Crippen molar-refractivity contribution in [3.05, 3.63) is 95.6 Å². The Morgan fingerprint density at radius 1 is 0.800 bits per heavy atom. The van der Waals surface area contributed by atoms with Gasteiger partial charge in [0.05, 0.1) is 11.1 Å². The lowest BCUT2D eigenvalue weighted by Crippen LogP contribution is -2.36. The number of nitrogens with zero attached hydrogens (tertiary/aromatic N) is 4. The van der Waals surface area contributed by atoms with Crippen LogP contribution in [0.5, 0.6) is 0 Å². The molecule has 2 aromatic heterocycles. The van der Waals surface area contributed by atoms with Gasteiger partial charge in [-0.05, 0) is 41.5 Å². The third-order valence-corrected chi connectivity index (χ3v) is 5.00. The lowest BCUT2D eigenvalue weighted by molar-refractivity contribution is -0.132. The molecule has 3 aromatic rings. The van der Waals surface area contributed by atoms with Gasteiger partial charge in [-0.2, -0.15) is 0 Å². The van der Waals surface area contributed by atoms with Crippen LogP contribution < -0.4 is 0 Å². The molecule has 30 heavy (non-hydrogen) atoms. The predicted octanol–water partition coefficient (Wildman–Crippen LogP) is 2.69. The summed E-state index contributed by atoms with van der Waals surface area (Å²) in [5.41, 5.74) is 2.63. The largest absolute Gasteiger partial charge is 0.334 e. The molecule has 0 saturated carbocycles. The van der Waals surface area contributed by atoms with Crippen LogP contribution in [-0.4, -0.2) is 44.0 Å². The number of pyridine rings is 2. The molecule has 3 heterocycles. The van der Waals surface area contributed by atoms with Crippen LogP contribution in [0.4, 0.5) is 0 Å². The van der Waals surface area contributed by atoms with Crippen LogP contribution in [0, 0.1) is 0 Å². The number of carbonyl (C=O) groups excluding carboxylic acids is 3. The van der Waals surface area contributed by atoms with Gasteiger partial charge in [-0.15, -0.1) is 0 Å². The second-order valence-corrected chi connectivity index (χ2v) is 7.02. The van der Waals surface area contributed by atoms with E-state index in [2.05, 4.69) is 9.97 Å². The van der Waals surface area contributed by atoms with E-state index in [-0.39, 0.29) is 30.7 Å². The molecule has 0 spiro atoms. The monoisotopic (exact) mass is 400 g/mol. The van der Waals surface area contributed by atoms with E-state index in [0.717, 1.165) is 16.0 Å². The van der Waals surface area contributed by atoms with Crippen molar-refractivity contribution < 1.29 is 14.4 Å². The van der Waals surface area contributed by atoms with Crippen LogP contribution in [0.3, 0.4) is 0 Å². The molecule has 3 amide bonds. The van der Waals surface area contributed by atoms with Crippen molar-refractivity contribution in [2.24, 2.45) is 0 Å². The zero-order valence-electron chi connectivity index (χ0n) is 16.3. The minimum Gasteiger partial charge on any atom is -0.334 e. The molecule has 150 valence electrons. The molecule has 0 bridgehead atoms. The van der Waals surface area contributed by atoms with Crippen LogP contribution in [-0.2, 0) is 17.9 Å². The van der Waals surface area contributed by atoms with Gasteiger partial charge in [0.15, 0.2) is 0 Å². The van der Waals surface area contributed by atoms with Crippen LogP contribution in [0.15, 0.2) is 73.3 Å². The summed E-state index contributed by atoms with van der Waals surface area (Å²) in [7, 11) is 0. The highest BCUT2D eigenvalue weighted by atomic mass is 16.2. The number of fused-ring (bicyclic) bond motifs is 1. The first kappa shape index (κ1) is 19.4. The van der Waals surface area contributed by atoms with Crippen LogP contribution in [0.1, 0.15) is 38.3 Å². The Morgan fingerprint density at radius 2 is 1.47 bits per heavy atom. The van der Waals surface area contributed by atoms with E-state index in [1.54, 1.807) is 54.0 Å². The Balaban J connectivity index is 1.46. The van der Waals surface area contributed by atoms with Gasteiger partial charge in [0, 0.05) is 50.8 Å². The Bertz CT molecular complexity index is 994. The van der Waals surface area contributed by atoms with Gasteiger partial charge >= 0.3 is 0 Å². The first-order valence-corrected chi connectivity index (χ1v) is 9.64. The van der Waals surface area contributed by atoms with Gasteiger partial charge in [-0.25, -0.2) is 0 Å². The third-order valence-electron chi connectivity index (χ3n) is 5.00. The van der Waals surface area contributed by atoms with Crippen LogP contribution in [0.2, 0.25) is 0 Å². The number of imide groups is 1. The van der Waals surface area contributed by atoms with Crippen LogP contribution in [0.25, 0.3) is 0 Å². The third kappa shape index (κ3) is 4.10. The molecule has 0 atom stereocenters. The quantitative estimate of drug-likeness (QED) is 0.570. The minimum atomic E-state index is -0.351. The molecule has 0 unspecified atom stereocenters. The number of carbonyl (C=O) groups is 3. The zero-order valence-corrected chi connectivity index (χ0v) is 16.3. The summed E-state index contributed by atoms with van der Waals surface area (Å²) < 4.78 is 0. The molecule has 0 radical (unpaired) electrons. The number of aromatic nitrogens is 2. The first-order chi connectivity index (χ1) is 14.6. The molecular formula is C23H20N4O3. The fourth-order valence-electron chi connectivity index (χ4n) is 3.46. The molecule has 4 rings (SSSR count). The summed E-state index contributed by atoms with van der Waals surface area (Å²) in [6, 6.07) is 14.2. The summed E-state index contributed by atoms with van der Waals surface area (Å²) in [4.78, 5) is 49.1. The highest BCUT2D eigenvalue weighted by Crippen LogP contribution is 2.22. The van der Waals surface area contributed by atoms with Gasteiger partial charge < -0.3 is 4.90 Å². The summed E-state index contributed by atoms with van der Waals surface area (Å²) in [5.74, 6) is -0.847. The molecule has 0 N–H and O–H groups in total. The van der Waals surface area contributed by atoms with Gasteiger partial charge in [0.25, 0.3) is 11.8 Å². The average Bonchev–Trinajstić information content (AvgIpc) is 3.03. The molecule has 7 heteroatoms. The maximum Gasteiger partial charge on any atom is 0.261 e. The van der Waals surface area contributed by atoms with Crippen molar-refractivity contribution in [3.63, 3.8) is 0 Å². The SMILES string of the molecule is O=C(CCN1C(=O)c2ccccc2C1=O)N(Cc1ccncc1)Cc1cccnc1. The van der Waals surface area contributed by atoms with Crippen molar-refractivity contribution >= 4 is 17.7 Å². The second kappa shape index (κ2) is 8.65. The number of amides is 3. The Hall–Kier alpha value is -3.87. The average molecular weight is 400 g/mol. The standard InChI is InChI=1S/C23H20N4O3/c28-21(9-13-27-22(29)19-5-1-2-6-20(19)23(27)30)26(15-17-7-11-24-12-8-17)16-18-4-3-10-25-14-18/h1-8,10-12,14H,9,13,15-16H2. The lowest BCUT2D eigenvalue weighted by Gasteiger charge is -2.24. The Morgan fingerprint density at radius 3 is 2.10 bits per heavy atom. The fourth-order valence-corrected chi connectivity index (χ4v) is 3.46. The van der Waals surface area contributed by atoms with Gasteiger partial charge in [-0.1, -0.05) is 18.2 Å². The fraction of sp³-hybridized carbons (Fsp3) is 0.174. The minimum absolute atomic E-state index is 0.0467. The molecule has 7 nitrogen and oxygen atoms in total. The van der Waals surface area contributed by atoms with Crippen molar-refractivity contribution in [1.29, 1.82) is 0 Å². The number of rotatable bonds is 7. The topological polar surface area (TPSA) is 83.5 Å². The second-order valence-electron chi connectivity index (χ2n) is 7.02. The highest BCUT2D eigenvalue weighted by molar-refractivity contribution is 6.21. The van der Waals surface area contributed by atoms with Crippen molar-refractivity contribution in [2.45, 2.75) is 19.5 Å². The van der Waals surface area contributed by atoms with E-state index >= 15 is 0 Å². The summed E-state index contributed by atoms with van der Waals surface area (Å²) >= 11 is 0. The summed E-state index contributed by atoms with van der Waals surface area (Å²) in [6.45, 7) is 0.834. The van der Waals surface area contributed by atoms with E-state index in [0.29, 0.717) is 24.2 Å². The zero-order chi connectivity index (χ0) is 20.9. The summed E-state index contributed by atoms with van der Waals surface area (Å²) in [6.07, 6.45) is 6.82. The van der Waals surface area contributed by atoms with Crippen molar-refractivity contribution in [1.82, 2.24) is 19.8 Å². The molecule has 0 aliphatic carbocycles. The normalized spacial score (nSPS) is 12.7. The number of benzene rings is 1. The van der Waals surface area contributed by atoms with Crippen molar-refractivity contribution in [2.75, 3.05) is 6.54 Å². The molecule has 1 aliphatic rings. The molecule has 1 aliphatic heterocycles. The van der Waals surface area contributed by atoms with E-state index in [1.807, 2.05) is 24.3 Å². The Kier molecular flexibility index (Phi) is 5.61. The highest BCUT2D eigenvalue weighted by Gasteiger charge is 2.35.